The van der Waals surface area contributed by atoms with Crippen LogP contribution in [0.1, 0.15) is 31.5 Å². The van der Waals surface area contributed by atoms with Crippen LogP contribution in [-0.4, -0.2) is 47.4 Å². The minimum Gasteiger partial charge on any atom is -0.374 e. The summed E-state index contributed by atoms with van der Waals surface area (Å²) >= 11 is 0. The number of ether oxygens (including phenoxy) is 1. The number of morpholine rings is 1. The highest BCUT2D eigenvalue weighted by atomic mass is 35.5. The van der Waals surface area contributed by atoms with E-state index in [1.807, 2.05) is 13.8 Å². The van der Waals surface area contributed by atoms with Crippen molar-refractivity contribution in [3.05, 3.63) is 11.7 Å². The summed E-state index contributed by atoms with van der Waals surface area (Å²) in [5.74, 6) is 1.74. The first-order valence-corrected chi connectivity index (χ1v) is 6.05. The molecule has 0 amide bonds. The number of hydrogen-bond donors (Lipinski definition) is 1. The Kier molecular flexibility index (Phi) is 6.01. The highest BCUT2D eigenvalue weighted by molar-refractivity contribution is 5.85. The lowest BCUT2D eigenvalue weighted by Gasteiger charge is -2.31. The zero-order chi connectivity index (χ0) is 12.3. The summed E-state index contributed by atoms with van der Waals surface area (Å²) in [5, 5.41) is 3.95. The second-order valence-corrected chi connectivity index (χ2v) is 4.66. The number of nitrogens with two attached hydrogens (primary N) is 1. The zero-order valence-electron chi connectivity index (χ0n) is 10.8. The van der Waals surface area contributed by atoms with Crippen molar-refractivity contribution in [2.75, 3.05) is 26.2 Å². The molecule has 0 aromatic carbocycles. The van der Waals surface area contributed by atoms with E-state index in [9.17, 15) is 0 Å². The molecule has 104 valence electrons. The van der Waals surface area contributed by atoms with Gasteiger partial charge in [0.15, 0.2) is 5.82 Å². The topological polar surface area (TPSA) is 77.4 Å². The fraction of sp³-hybridized carbons (Fsp3) is 0.818. The molecule has 2 rings (SSSR count). The molecule has 1 saturated heterocycles. The first-order chi connectivity index (χ1) is 8.19. The maximum atomic E-state index is 5.60. The molecule has 1 aliphatic rings. The van der Waals surface area contributed by atoms with E-state index in [4.69, 9.17) is 15.0 Å². The lowest BCUT2D eigenvalue weighted by molar-refractivity contribution is -0.0288. The average Bonchev–Trinajstić information content (AvgIpc) is 2.78. The summed E-state index contributed by atoms with van der Waals surface area (Å²) in [4.78, 5) is 6.60. The monoisotopic (exact) mass is 276 g/mol. The van der Waals surface area contributed by atoms with Crippen LogP contribution in [-0.2, 0) is 11.3 Å². The van der Waals surface area contributed by atoms with Gasteiger partial charge in [0, 0.05) is 25.6 Å². The van der Waals surface area contributed by atoms with Gasteiger partial charge in [0.05, 0.1) is 19.3 Å². The van der Waals surface area contributed by atoms with Gasteiger partial charge in [-0.1, -0.05) is 19.0 Å². The Hall–Kier alpha value is -0.690. The minimum absolute atomic E-state index is 0. The standard InChI is InChI=1S/C11H20N4O2.ClH/c1-8(2)11-13-10(17-14-11)7-15-3-4-16-9(5-12)6-15;/h8-9H,3-7,12H2,1-2H3;1H. The van der Waals surface area contributed by atoms with Gasteiger partial charge in [-0.05, 0) is 0 Å². The number of aromatic nitrogens is 2. The quantitative estimate of drug-likeness (QED) is 0.875. The fourth-order valence-corrected chi connectivity index (χ4v) is 1.82. The Labute approximate surface area is 113 Å². The zero-order valence-corrected chi connectivity index (χ0v) is 11.7. The first kappa shape index (κ1) is 15.4. The molecule has 1 aliphatic heterocycles. The van der Waals surface area contributed by atoms with E-state index in [-0.39, 0.29) is 18.5 Å². The van der Waals surface area contributed by atoms with Gasteiger partial charge in [-0.25, -0.2) is 0 Å². The molecule has 7 heteroatoms. The SMILES string of the molecule is CC(C)c1noc(CN2CCOC(CN)C2)n1.Cl. The summed E-state index contributed by atoms with van der Waals surface area (Å²) in [7, 11) is 0. The van der Waals surface area contributed by atoms with Crippen LogP contribution >= 0.6 is 12.4 Å². The minimum atomic E-state index is 0. The predicted octanol–water partition coefficient (Wildman–Crippen LogP) is 0.774. The van der Waals surface area contributed by atoms with Gasteiger partial charge in [-0.15, -0.1) is 12.4 Å². The second kappa shape index (κ2) is 7.04. The van der Waals surface area contributed by atoms with Gasteiger partial charge in [0.2, 0.25) is 5.89 Å². The molecule has 0 saturated carbocycles. The van der Waals surface area contributed by atoms with Crippen molar-refractivity contribution in [1.29, 1.82) is 0 Å². The van der Waals surface area contributed by atoms with Crippen molar-refractivity contribution < 1.29 is 9.26 Å². The van der Waals surface area contributed by atoms with Crippen molar-refractivity contribution in [3.8, 4) is 0 Å². The van der Waals surface area contributed by atoms with E-state index in [1.165, 1.54) is 0 Å². The lowest BCUT2D eigenvalue weighted by atomic mass is 10.2. The molecule has 6 nitrogen and oxygen atoms in total. The third-order valence-electron chi connectivity index (χ3n) is 2.84. The molecule has 1 fully saturated rings. The molecule has 2 heterocycles. The van der Waals surface area contributed by atoms with E-state index in [2.05, 4.69) is 15.0 Å². The molecule has 1 atom stereocenters. The highest BCUT2D eigenvalue weighted by Crippen LogP contribution is 2.12. The van der Waals surface area contributed by atoms with Gasteiger partial charge in [-0.2, -0.15) is 4.98 Å². The Bertz CT molecular complexity index is 359. The summed E-state index contributed by atoms with van der Waals surface area (Å²) < 4.78 is 10.7. The van der Waals surface area contributed by atoms with Crippen LogP contribution in [0.15, 0.2) is 4.52 Å². The molecule has 1 aromatic heterocycles. The summed E-state index contributed by atoms with van der Waals surface area (Å²) in [5.41, 5.74) is 5.60. The van der Waals surface area contributed by atoms with Crippen molar-refractivity contribution in [1.82, 2.24) is 15.0 Å². The molecule has 1 unspecified atom stereocenters. The van der Waals surface area contributed by atoms with Crippen molar-refractivity contribution in [2.45, 2.75) is 32.4 Å². The van der Waals surface area contributed by atoms with Gasteiger partial charge in [-0.3, -0.25) is 4.90 Å². The van der Waals surface area contributed by atoms with Crippen molar-refractivity contribution in [3.63, 3.8) is 0 Å². The van der Waals surface area contributed by atoms with Crippen LogP contribution in [0, 0.1) is 0 Å². The maximum Gasteiger partial charge on any atom is 0.240 e. The smallest absolute Gasteiger partial charge is 0.240 e. The molecule has 2 N–H and O–H groups in total. The van der Waals surface area contributed by atoms with E-state index in [0.717, 1.165) is 18.9 Å². The summed E-state index contributed by atoms with van der Waals surface area (Å²) in [6, 6.07) is 0. The Balaban J connectivity index is 0.00000162. The van der Waals surface area contributed by atoms with Gasteiger partial charge < -0.3 is 15.0 Å². The Morgan fingerprint density at radius 3 is 2.89 bits per heavy atom. The van der Waals surface area contributed by atoms with Gasteiger partial charge in [0.1, 0.15) is 0 Å². The third-order valence-corrected chi connectivity index (χ3v) is 2.84. The molecular weight excluding hydrogens is 256 g/mol. The molecule has 0 aliphatic carbocycles. The number of rotatable bonds is 4. The van der Waals surface area contributed by atoms with Crippen LogP contribution in [0.25, 0.3) is 0 Å². The summed E-state index contributed by atoms with van der Waals surface area (Å²) in [6.07, 6.45) is 0.122. The second-order valence-electron chi connectivity index (χ2n) is 4.66. The fourth-order valence-electron chi connectivity index (χ4n) is 1.82. The largest absolute Gasteiger partial charge is 0.374 e. The lowest BCUT2D eigenvalue weighted by Crippen LogP contribution is -2.45. The number of halogens is 1. The summed E-state index contributed by atoms with van der Waals surface area (Å²) in [6.45, 7) is 7.76. The normalized spacial score (nSPS) is 21.0. The van der Waals surface area contributed by atoms with Crippen LogP contribution in [0.4, 0.5) is 0 Å². The number of nitrogens with zero attached hydrogens (tertiary/aromatic N) is 3. The molecule has 1 aromatic rings. The highest BCUT2D eigenvalue weighted by Gasteiger charge is 2.21. The third kappa shape index (κ3) is 3.91. The Morgan fingerprint density at radius 2 is 2.28 bits per heavy atom. The van der Waals surface area contributed by atoms with E-state index >= 15 is 0 Å². The van der Waals surface area contributed by atoms with Gasteiger partial charge >= 0.3 is 0 Å². The molecular formula is C11H21ClN4O2. The molecule has 18 heavy (non-hydrogen) atoms. The van der Waals surface area contributed by atoms with Crippen LogP contribution < -0.4 is 5.73 Å². The molecule has 0 bridgehead atoms. The van der Waals surface area contributed by atoms with Gasteiger partial charge in [0.25, 0.3) is 0 Å². The first-order valence-electron chi connectivity index (χ1n) is 6.05. The van der Waals surface area contributed by atoms with Crippen molar-refractivity contribution in [2.24, 2.45) is 5.73 Å². The average molecular weight is 277 g/mol. The van der Waals surface area contributed by atoms with E-state index < -0.39 is 0 Å². The van der Waals surface area contributed by atoms with E-state index in [0.29, 0.717) is 31.5 Å². The van der Waals surface area contributed by atoms with Crippen LogP contribution in [0.2, 0.25) is 0 Å². The predicted molar refractivity (Wildman–Crippen MR) is 69.7 cm³/mol. The van der Waals surface area contributed by atoms with Crippen LogP contribution in [0.5, 0.6) is 0 Å². The van der Waals surface area contributed by atoms with Crippen molar-refractivity contribution >= 4 is 12.4 Å². The molecule has 0 radical (unpaired) electrons. The van der Waals surface area contributed by atoms with Crippen LogP contribution in [0.3, 0.4) is 0 Å². The maximum absolute atomic E-state index is 5.60. The van der Waals surface area contributed by atoms with E-state index in [1.54, 1.807) is 0 Å². The Morgan fingerprint density at radius 1 is 1.50 bits per heavy atom. The number of hydrogen-bond acceptors (Lipinski definition) is 6. The molecule has 0 spiro atoms.